The molecule has 0 spiro atoms. The van der Waals surface area contributed by atoms with E-state index < -0.39 is 39.6 Å². The molecule has 1 N–H and O–H groups in total. The number of alkyl carbamates (subject to hydrolysis) is 1. The van der Waals surface area contributed by atoms with Gasteiger partial charge >= 0.3 is 12.1 Å². The summed E-state index contributed by atoms with van der Waals surface area (Å²) in [6.45, 7) is 5.88. The Kier molecular flexibility index (Phi) is 8.80. The molecule has 0 radical (unpaired) electrons. The van der Waals surface area contributed by atoms with Crippen LogP contribution in [-0.4, -0.2) is 50.6 Å². The van der Waals surface area contributed by atoms with E-state index >= 15 is 0 Å². The molecule has 9 nitrogen and oxygen atoms in total. The second kappa shape index (κ2) is 12.1. The Bertz CT molecular complexity index is 1430. The number of carbonyl (C=O) groups excluding carboxylic acids is 2. The first-order valence-electron chi connectivity index (χ1n) is 12.9. The third kappa shape index (κ3) is 7.19. The van der Waals surface area contributed by atoms with Crippen LogP contribution in [0.3, 0.4) is 0 Å². The first-order chi connectivity index (χ1) is 19.0. The summed E-state index contributed by atoms with van der Waals surface area (Å²) in [7, 11) is -2.39. The van der Waals surface area contributed by atoms with Crippen LogP contribution in [-0.2, 0) is 30.9 Å². The largest absolute Gasteiger partial charge is 0.489 e. The average molecular weight is 567 g/mol. The van der Waals surface area contributed by atoms with Gasteiger partial charge in [0.05, 0.1) is 24.0 Å². The van der Waals surface area contributed by atoms with Gasteiger partial charge < -0.3 is 19.5 Å². The maximum absolute atomic E-state index is 12.8. The van der Waals surface area contributed by atoms with E-state index in [4.69, 9.17) is 9.47 Å². The number of ether oxygens (including phenoxy) is 3. The van der Waals surface area contributed by atoms with Crippen LogP contribution in [0.25, 0.3) is 0 Å². The molecule has 3 aromatic rings. The first kappa shape index (κ1) is 29.1. The molecule has 1 amide bonds. The lowest BCUT2D eigenvalue weighted by molar-refractivity contribution is -0.149. The molecule has 10 heteroatoms. The van der Waals surface area contributed by atoms with Gasteiger partial charge in [0, 0.05) is 13.1 Å². The van der Waals surface area contributed by atoms with E-state index in [1.807, 2.05) is 75.4 Å². The second-order valence-electron chi connectivity index (χ2n) is 10.5. The molecule has 1 fully saturated rings. The summed E-state index contributed by atoms with van der Waals surface area (Å²) < 4.78 is 43.1. The van der Waals surface area contributed by atoms with Crippen LogP contribution < -0.4 is 10.1 Å². The van der Waals surface area contributed by atoms with Gasteiger partial charge in [0.2, 0.25) is 10.0 Å². The fraction of sp³-hybridized carbons (Fsp3) is 0.333. The van der Waals surface area contributed by atoms with Crippen molar-refractivity contribution in [2.24, 2.45) is 5.92 Å². The molecule has 1 aliphatic heterocycles. The summed E-state index contributed by atoms with van der Waals surface area (Å²) in [5.74, 6) is -0.238. The predicted molar refractivity (Wildman–Crippen MR) is 149 cm³/mol. The Balaban J connectivity index is 1.42. The normalized spacial score (nSPS) is 15.0. The lowest BCUT2D eigenvalue weighted by Crippen LogP contribution is -2.53. The van der Waals surface area contributed by atoms with Crippen molar-refractivity contribution in [2.75, 3.05) is 20.2 Å². The number of nitrogens with zero attached hydrogens (tertiary/aromatic N) is 1. The third-order valence-corrected chi connectivity index (χ3v) is 8.18. The Morgan fingerprint density at radius 2 is 1.60 bits per heavy atom. The zero-order valence-electron chi connectivity index (χ0n) is 23.0. The van der Waals surface area contributed by atoms with Gasteiger partial charge in [0.25, 0.3) is 0 Å². The van der Waals surface area contributed by atoms with E-state index in [-0.39, 0.29) is 24.6 Å². The van der Waals surface area contributed by atoms with Crippen LogP contribution in [0.2, 0.25) is 0 Å². The Morgan fingerprint density at radius 3 is 2.23 bits per heavy atom. The Morgan fingerprint density at radius 1 is 0.950 bits per heavy atom. The SMILES string of the molecule is COC(=O)C1CN(S(=O)(=O)c2ccc(COc3cccc(C(NC(=O)OC(C)(C)C)c4ccccc4)c3)cc2)C1. The van der Waals surface area contributed by atoms with Crippen LogP contribution in [0.15, 0.2) is 83.8 Å². The number of esters is 1. The minimum atomic E-state index is -3.68. The summed E-state index contributed by atoms with van der Waals surface area (Å²) >= 11 is 0. The van der Waals surface area contributed by atoms with Gasteiger partial charge in [-0.05, 0) is 61.7 Å². The molecule has 40 heavy (non-hydrogen) atoms. The molecule has 0 bridgehead atoms. The Hall–Kier alpha value is -3.89. The highest BCUT2D eigenvalue weighted by Gasteiger charge is 2.41. The maximum atomic E-state index is 12.8. The van der Waals surface area contributed by atoms with Crippen molar-refractivity contribution in [1.82, 2.24) is 9.62 Å². The van der Waals surface area contributed by atoms with Crippen LogP contribution in [0.4, 0.5) is 4.79 Å². The molecule has 1 unspecified atom stereocenters. The van der Waals surface area contributed by atoms with Crippen molar-refractivity contribution in [2.45, 2.75) is 43.9 Å². The summed E-state index contributed by atoms with van der Waals surface area (Å²) in [6.07, 6.45) is -0.526. The first-order valence-corrected chi connectivity index (χ1v) is 14.3. The van der Waals surface area contributed by atoms with Gasteiger partial charge in [-0.25, -0.2) is 13.2 Å². The average Bonchev–Trinajstić information content (AvgIpc) is 2.89. The molecule has 212 valence electrons. The predicted octanol–water partition coefficient (Wildman–Crippen LogP) is 4.67. The fourth-order valence-corrected chi connectivity index (χ4v) is 5.77. The van der Waals surface area contributed by atoms with Gasteiger partial charge in [-0.2, -0.15) is 4.31 Å². The molecular weight excluding hydrogens is 532 g/mol. The van der Waals surface area contributed by atoms with Gasteiger partial charge in [0.1, 0.15) is 18.0 Å². The van der Waals surface area contributed by atoms with E-state index in [9.17, 15) is 18.0 Å². The number of sulfonamides is 1. The molecular formula is C30H34N2O7S. The summed E-state index contributed by atoms with van der Waals surface area (Å²) in [6, 6.07) is 23.0. The highest BCUT2D eigenvalue weighted by Crippen LogP contribution is 2.28. The lowest BCUT2D eigenvalue weighted by Gasteiger charge is -2.36. The zero-order chi connectivity index (χ0) is 28.9. The van der Waals surface area contributed by atoms with Crippen LogP contribution in [0, 0.1) is 5.92 Å². The maximum Gasteiger partial charge on any atom is 0.408 e. The highest BCUT2D eigenvalue weighted by molar-refractivity contribution is 7.89. The third-order valence-electron chi connectivity index (χ3n) is 6.33. The number of nitrogens with one attached hydrogen (secondary N) is 1. The van der Waals surface area contributed by atoms with Crippen molar-refractivity contribution in [3.63, 3.8) is 0 Å². The van der Waals surface area contributed by atoms with Crippen molar-refractivity contribution in [3.8, 4) is 5.75 Å². The summed E-state index contributed by atoms with van der Waals surface area (Å²) in [4.78, 5) is 24.3. The molecule has 1 saturated heterocycles. The zero-order valence-corrected chi connectivity index (χ0v) is 23.8. The molecule has 4 rings (SSSR count). The summed E-state index contributed by atoms with van der Waals surface area (Å²) in [5.41, 5.74) is 1.86. The second-order valence-corrected chi connectivity index (χ2v) is 12.5. The number of rotatable bonds is 9. The molecule has 1 heterocycles. The minimum absolute atomic E-state index is 0.114. The van der Waals surface area contributed by atoms with Gasteiger partial charge in [-0.1, -0.05) is 54.6 Å². The standard InChI is InChI=1S/C30H34N2O7S/c1-30(2,3)39-29(34)31-27(22-9-6-5-7-10-22)23-11-8-12-25(17-23)38-20-21-13-15-26(16-14-21)40(35,36)32-18-24(19-32)28(33)37-4/h5-17,24,27H,18-20H2,1-4H3,(H,31,34). The van der Waals surface area contributed by atoms with E-state index in [2.05, 4.69) is 10.1 Å². The van der Waals surface area contributed by atoms with E-state index in [0.29, 0.717) is 5.75 Å². The van der Waals surface area contributed by atoms with Gasteiger partial charge in [0.15, 0.2) is 0 Å². The molecule has 0 aromatic heterocycles. The van der Waals surface area contributed by atoms with Crippen LogP contribution in [0.5, 0.6) is 5.75 Å². The number of benzene rings is 3. The van der Waals surface area contributed by atoms with Crippen molar-refractivity contribution >= 4 is 22.1 Å². The quantitative estimate of drug-likeness (QED) is 0.375. The fourth-order valence-electron chi connectivity index (χ4n) is 4.24. The number of methoxy groups -OCH3 is 1. The molecule has 1 atom stereocenters. The van der Waals surface area contributed by atoms with E-state index in [1.165, 1.54) is 23.5 Å². The number of carbonyl (C=O) groups is 2. The molecule has 1 aliphatic rings. The van der Waals surface area contributed by atoms with E-state index in [1.54, 1.807) is 12.1 Å². The van der Waals surface area contributed by atoms with Crippen molar-refractivity contribution in [3.05, 3.63) is 95.6 Å². The highest BCUT2D eigenvalue weighted by atomic mass is 32.2. The number of hydrogen-bond acceptors (Lipinski definition) is 7. The molecule has 3 aromatic carbocycles. The van der Waals surface area contributed by atoms with Crippen molar-refractivity contribution in [1.29, 1.82) is 0 Å². The van der Waals surface area contributed by atoms with Crippen molar-refractivity contribution < 1.29 is 32.2 Å². The minimum Gasteiger partial charge on any atom is -0.489 e. The van der Waals surface area contributed by atoms with E-state index in [0.717, 1.165) is 16.7 Å². The van der Waals surface area contributed by atoms with Gasteiger partial charge in [-0.15, -0.1) is 0 Å². The molecule has 0 aliphatic carbocycles. The number of hydrogen-bond donors (Lipinski definition) is 1. The Labute approximate surface area is 235 Å². The van der Waals surface area contributed by atoms with Crippen LogP contribution in [0.1, 0.15) is 43.5 Å². The molecule has 0 saturated carbocycles. The topological polar surface area (TPSA) is 111 Å². The van der Waals surface area contributed by atoms with Crippen LogP contribution >= 0.6 is 0 Å². The van der Waals surface area contributed by atoms with Gasteiger partial charge in [-0.3, -0.25) is 4.79 Å². The number of amides is 1. The smallest absolute Gasteiger partial charge is 0.408 e. The lowest BCUT2D eigenvalue weighted by atomic mass is 9.98. The monoisotopic (exact) mass is 566 g/mol. The summed E-state index contributed by atoms with van der Waals surface area (Å²) in [5, 5.41) is 2.96.